The zero-order chi connectivity index (χ0) is 23.2. The van der Waals surface area contributed by atoms with E-state index in [1.807, 2.05) is 15.6 Å². The molecule has 6 rings (SSSR count). The average molecular weight is 469 g/mol. The number of nitrogens with zero attached hydrogens (tertiary/aromatic N) is 7. The van der Waals surface area contributed by atoms with Gasteiger partial charge in [0.2, 0.25) is 17.8 Å². The van der Waals surface area contributed by atoms with Gasteiger partial charge in [0, 0.05) is 50.0 Å². The van der Waals surface area contributed by atoms with Crippen LogP contribution in [0.2, 0.25) is 0 Å². The van der Waals surface area contributed by atoms with Gasteiger partial charge in [-0.1, -0.05) is 0 Å². The summed E-state index contributed by atoms with van der Waals surface area (Å²) in [5, 5.41) is 8.29. The molecule has 3 aliphatic rings. The smallest absolute Gasteiger partial charge is 0.244 e. The number of benzene rings is 1. The Balaban J connectivity index is 1.20. The molecule has 0 spiro atoms. The van der Waals surface area contributed by atoms with Gasteiger partial charge in [0.05, 0.1) is 7.11 Å². The highest BCUT2D eigenvalue weighted by molar-refractivity contribution is 5.59. The van der Waals surface area contributed by atoms with Gasteiger partial charge >= 0.3 is 0 Å². The normalized spacial score (nSPS) is 23.7. The molecule has 1 saturated carbocycles. The highest BCUT2D eigenvalue weighted by Gasteiger charge is 2.43. The summed E-state index contributed by atoms with van der Waals surface area (Å²) in [6.45, 7) is 3.20. The number of ether oxygens (including phenoxy) is 1. The first-order valence-corrected chi connectivity index (χ1v) is 11.6. The number of methoxy groups -OCH3 is 1. The van der Waals surface area contributed by atoms with Gasteiger partial charge in [-0.15, -0.1) is 5.10 Å². The molecule has 2 aromatic heterocycles. The maximum Gasteiger partial charge on any atom is 0.244 e. The maximum atomic E-state index is 13.8. The second-order valence-corrected chi connectivity index (χ2v) is 9.15. The Morgan fingerprint density at radius 3 is 2.62 bits per heavy atom. The van der Waals surface area contributed by atoms with E-state index >= 15 is 0 Å². The molecule has 34 heavy (non-hydrogen) atoms. The van der Waals surface area contributed by atoms with Crippen LogP contribution in [0.3, 0.4) is 0 Å². The second kappa shape index (κ2) is 8.37. The van der Waals surface area contributed by atoms with E-state index in [-0.39, 0.29) is 6.04 Å². The number of nitrogens with one attached hydrogen (secondary N) is 1. The van der Waals surface area contributed by atoms with Crippen molar-refractivity contribution >= 4 is 23.4 Å². The zero-order valence-corrected chi connectivity index (χ0v) is 18.9. The molecule has 11 heteroatoms. The van der Waals surface area contributed by atoms with Crippen LogP contribution in [-0.4, -0.2) is 57.5 Å². The van der Waals surface area contributed by atoms with E-state index in [0.29, 0.717) is 41.8 Å². The maximum absolute atomic E-state index is 13.8. The number of aromatic nitrogens is 5. The van der Waals surface area contributed by atoms with Crippen molar-refractivity contribution in [2.45, 2.75) is 31.8 Å². The topological polar surface area (TPSA) is 84.2 Å². The number of hydrogen-bond donors (Lipinski definition) is 1. The Labute approximate surface area is 195 Å². The summed E-state index contributed by atoms with van der Waals surface area (Å²) in [4.78, 5) is 17.5. The fourth-order valence-corrected chi connectivity index (χ4v) is 5.53. The minimum atomic E-state index is -0.864. The van der Waals surface area contributed by atoms with Crippen LogP contribution < -0.4 is 19.9 Å². The van der Waals surface area contributed by atoms with Crippen molar-refractivity contribution in [3.05, 3.63) is 42.2 Å². The molecule has 2 unspecified atom stereocenters. The van der Waals surface area contributed by atoms with Gasteiger partial charge in [-0.05, 0) is 43.2 Å². The van der Waals surface area contributed by atoms with E-state index < -0.39 is 11.6 Å². The zero-order valence-electron chi connectivity index (χ0n) is 18.9. The van der Waals surface area contributed by atoms with Gasteiger partial charge in [-0.2, -0.15) is 4.98 Å². The van der Waals surface area contributed by atoms with Gasteiger partial charge in [-0.25, -0.2) is 23.4 Å². The number of fused-ring (bicyclic) bond motifs is 3. The summed E-state index contributed by atoms with van der Waals surface area (Å²) >= 11 is 0. The van der Waals surface area contributed by atoms with Gasteiger partial charge in [0.1, 0.15) is 12.1 Å². The quantitative estimate of drug-likeness (QED) is 0.611. The second-order valence-electron chi connectivity index (χ2n) is 9.15. The van der Waals surface area contributed by atoms with Crippen LogP contribution in [-0.2, 0) is 6.54 Å². The van der Waals surface area contributed by atoms with Crippen LogP contribution >= 0.6 is 0 Å². The minimum Gasteiger partial charge on any atom is -0.481 e. The molecule has 2 fully saturated rings. The third-order valence-electron chi connectivity index (χ3n) is 7.15. The molecule has 2 aliphatic heterocycles. The summed E-state index contributed by atoms with van der Waals surface area (Å²) in [6, 6.07) is 6.10. The van der Waals surface area contributed by atoms with Gasteiger partial charge in [0.25, 0.3) is 0 Å². The van der Waals surface area contributed by atoms with E-state index in [9.17, 15) is 8.78 Å². The number of hydrogen-bond acceptors (Lipinski definition) is 8. The average Bonchev–Trinajstić information content (AvgIpc) is 3.36. The Bertz CT molecular complexity index is 1190. The molecule has 3 atom stereocenters. The van der Waals surface area contributed by atoms with Crippen molar-refractivity contribution in [3.8, 4) is 5.88 Å². The molecule has 3 aromatic rings. The molecule has 1 aromatic carbocycles. The lowest BCUT2D eigenvalue weighted by Crippen LogP contribution is -2.48. The van der Waals surface area contributed by atoms with Crippen molar-refractivity contribution in [1.82, 2.24) is 24.7 Å². The lowest BCUT2D eigenvalue weighted by atomic mass is 9.92. The van der Waals surface area contributed by atoms with Gasteiger partial charge in [-0.3, -0.25) is 0 Å². The summed E-state index contributed by atoms with van der Waals surface area (Å²) in [6.07, 6.45) is 4.66. The number of anilines is 4. The summed E-state index contributed by atoms with van der Waals surface area (Å²) in [7, 11) is 1.61. The predicted molar refractivity (Wildman–Crippen MR) is 122 cm³/mol. The van der Waals surface area contributed by atoms with Crippen molar-refractivity contribution < 1.29 is 13.5 Å². The first-order chi connectivity index (χ1) is 16.6. The van der Waals surface area contributed by atoms with Crippen LogP contribution in [0, 0.1) is 23.5 Å². The van der Waals surface area contributed by atoms with Crippen molar-refractivity contribution in [2.24, 2.45) is 11.8 Å². The highest BCUT2D eigenvalue weighted by atomic mass is 19.2. The summed E-state index contributed by atoms with van der Waals surface area (Å²) < 4.78 is 34.4. The summed E-state index contributed by atoms with van der Waals surface area (Å²) in [5.74, 6) is 1.87. The standard InChI is InChI=1S/C23H26F2N8O/c1-34-20-10-19(26-13-27-20)31-11-14-3-4-15(12-31)21(14)28-22-29-23-32(7-2-8-33(23)30-22)16-5-6-17(24)18(25)9-16/h5-6,9-10,13-15,21H,2-4,7-8,11-12H2,1H3,(H,28,30)/t14-,15?,21?/m0/s1. The van der Waals surface area contributed by atoms with Crippen molar-refractivity contribution in [3.63, 3.8) is 0 Å². The highest BCUT2D eigenvalue weighted by Crippen LogP contribution is 2.40. The molecule has 1 aliphatic carbocycles. The number of piperidine rings is 1. The van der Waals surface area contributed by atoms with E-state index in [2.05, 4.69) is 20.2 Å². The van der Waals surface area contributed by atoms with E-state index in [1.165, 1.54) is 6.07 Å². The molecule has 0 radical (unpaired) electrons. The monoisotopic (exact) mass is 468 g/mol. The number of halogens is 2. The van der Waals surface area contributed by atoms with Crippen molar-refractivity contribution in [1.29, 1.82) is 0 Å². The Hall–Kier alpha value is -3.50. The third-order valence-corrected chi connectivity index (χ3v) is 7.15. The Kier molecular flexibility index (Phi) is 5.19. The van der Waals surface area contributed by atoms with Gasteiger partial charge < -0.3 is 19.9 Å². The van der Waals surface area contributed by atoms with Gasteiger partial charge in [0.15, 0.2) is 11.6 Å². The summed E-state index contributed by atoms with van der Waals surface area (Å²) in [5.41, 5.74) is 0.576. The molecule has 178 valence electrons. The van der Waals surface area contributed by atoms with Crippen LogP contribution in [0.4, 0.5) is 32.2 Å². The molecule has 4 heterocycles. The van der Waals surface area contributed by atoms with E-state index in [4.69, 9.17) is 14.8 Å². The molecule has 1 saturated heterocycles. The molecular weight excluding hydrogens is 442 g/mol. The third kappa shape index (κ3) is 3.68. The minimum absolute atomic E-state index is 0.279. The molecule has 9 nitrogen and oxygen atoms in total. The number of aryl methyl sites for hydroxylation is 1. The fourth-order valence-electron chi connectivity index (χ4n) is 5.53. The SMILES string of the molecule is COc1cc(N2CC3CC[C@@H](C2)C3Nc2nc3n(n2)CCCN3c2ccc(F)c(F)c2)ncn1. The van der Waals surface area contributed by atoms with Crippen LogP contribution in [0.5, 0.6) is 5.88 Å². The van der Waals surface area contributed by atoms with Crippen LogP contribution in [0.25, 0.3) is 0 Å². The van der Waals surface area contributed by atoms with E-state index in [1.54, 1.807) is 19.5 Å². The first-order valence-electron chi connectivity index (χ1n) is 11.6. The predicted octanol–water partition coefficient (Wildman–Crippen LogP) is 3.22. The molecular formula is C23H26F2N8O. The van der Waals surface area contributed by atoms with E-state index in [0.717, 1.165) is 50.8 Å². The van der Waals surface area contributed by atoms with Crippen molar-refractivity contribution in [2.75, 3.05) is 41.9 Å². The van der Waals surface area contributed by atoms with Crippen LogP contribution in [0.1, 0.15) is 19.3 Å². The largest absolute Gasteiger partial charge is 0.481 e. The first kappa shape index (κ1) is 21.1. The molecule has 2 bridgehead atoms. The van der Waals surface area contributed by atoms with Crippen LogP contribution in [0.15, 0.2) is 30.6 Å². The Morgan fingerprint density at radius 1 is 1.03 bits per heavy atom. The lowest BCUT2D eigenvalue weighted by molar-refractivity contribution is 0.372. The Morgan fingerprint density at radius 2 is 1.85 bits per heavy atom. The molecule has 1 N–H and O–H groups in total. The fraction of sp³-hybridized carbons (Fsp3) is 0.478. The number of rotatable bonds is 5. The lowest BCUT2D eigenvalue weighted by Gasteiger charge is -2.38. The molecule has 0 amide bonds.